The van der Waals surface area contributed by atoms with Gasteiger partial charge in [-0.2, -0.15) is 0 Å². The van der Waals surface area contributed by atoms with Crippen molar-refractivity contribution >= 4 is 34.4 Å². The first-order valence-electron chi connectivity index (χ1n) is 17.5. The van der Waals surface area contributed by atoms with Crippen LogP contribution in [0.15, 0.2) is 0 Å². The highest BCUT2D eigenvalue weighted by molar-refractivity contribution is 7.80. The number of ether oxygens (including phenoxy) is 1. The number of nitrogens with zero attached hydrogens (tertiary/aromatic N) is 2. The maximum absolute atomic E-state index is 6.28. The maximum atomic E-state index is 6.28. The molecule has 3 unspecified atom stereocenters. The van der Waals surface area contributed by atoms with Crippen molar-refractivity contribution < 1.29 is 4.74 Å². The number of rotatable bonds is 24. The Labute approximate surface area is 261 Å². The third-order valence-corrected chi connectivity index (χ3v) is 10.2. The monoisotopic (exact) mass is 596 g/mol. The fourth-order valence-corrected chi connectivity index (χ4v) is 7.07. The van der Waals surface area contributed by atoms with Crippen LogP contribution in [0.1, 0.15) is 157 Å². The van der Waals surface area contributed by atoms with Gasteiger partial charge in [-0.05, 0) is 55.8 Å². The highest BCUT2D eigenvalue weighted by atomic mass is 32.1. The summed E-state index contributed by atoms with van der Waals surface area (Å²) >= 11 is 12.0. The van der Waals surface area contributed by atoms with E-state index in [0.29, 0.717) is 18.6 Å². The minimum atomic E-state index is 0.410. The largest absolute Gasteiger partial charge is 0.367 e. The molecule has 236 valence electrons. The van der Waals surface area contributed by atoms with Gasteiger partial charge in [-0.3, -0.25) is 0 Å². The number of hydrogen-bond donors (Lipinski definition) is 0. The summed E-state index contributed by atoms with van der Waals surface area (Å²) in [5, 5.41) is 0. The molecule has 1 rings (SSSR count). The van der Waals surface area contributed by atoms with Crippen molar-refractivity contribution in [3.05, 3.63) is 0 Å². The standard InChI is InChI=1S/C35H68N2OS2/c1-7-13-17-18-19-20-24-36(26-31(11-5)21-14-8-2)33(39)28-38-29-34(40)37-27-32(22-15-9-3)25-35(12-6,30-37)23-16-10-4/h31-32H,7-30H2,1-6H3. The van der Waals surface area contributed by atoms with Crippen LogP contribution in [-0.2, 0) is 4.74 Å². The van der Waals surface area contributed by atoms with Crippen molar-refractivity contribution in [1.82, 2.24) is 9.80 Å². The molecule has 0 saturated carbocycles. The minimum absolute atomic E-state index is 0.410. The lowest BCUT2D eigenvalue weighted by Gasteiger charge is -2.47. The van der Waals surface area contributed by atoms with Crippen LogP contribution in [-0.4, -0.2) is 59.2 Å². The number of likely N-dealkylation sites (tertiary alicyclic amines) is 1. The van der Waals surface area contributed by atoms with Gasteiger partial charge >= 0.3 is 0 Å². The van der Waals surface area contributed by atoms with E-state index in [4.69, 9.17) is 29.2 Å². The zero-order chi connectivity index (χ0) is 29.6. The highest BCUT2D eigenvalue weighted by Crippen LogP contribution is 2.42. The Bertz CT molecular complexity index is 657. The molecule has 0 N–H and O–H groups in total. The first-order chi connectivity index (χ1) is 19.4. The lowest BCUT2D eigenvalue weighted by atomic mass is 9.69. The van der Waals surface area contributed by atoms with E-state index in [1.807, 2.05) is 0 Å². The Hall–Kier alpha value is -0.260. The second-order valence-corrected chi connectivity index (χ2v) is 13.9. The molecule has 0 radical (unpaired) electrons. The summed E-state index contributed by atoms with van der Waals surface area (Å²) in [6.07, 6.45) is 23.5. The summed E-state index contributed by atoms with van der Waals surface area (Å²) in [6.45, 7) is 19.4. The summed E-state index contributed by atoms with van der Waals surface area (Å²) in [5.74, 6) is 1.48. The molecule has 0 aliphatic carbocycles. The molecule has 1 heterocycles. The summed E-state index contributed by atoms with van der Waals surface area (Å²) in [6, 6.07) is 0. The van der Waals surface area contributed by atoms with Crippen molar-refractivity contribution in [3.63, 3.8) is 0 Å². The number of hydrogen-bond acceptors (Lipinski definition) is 3. The van der Waals surface area contributed by atoms with E-state index in [0.717, 1.165) is 48.0 Å². The quantitative estimate of drug-likeness (QED) is 0.0811. The molecular formula is C35H68N2OS2. The van der Waals surface area contributed by atoms with Crippen LogP contribution in [0, 0.1) is 17.3 Å². The summed E-state index contributed by atoms with van der Waals surface area (Å²) in [4.78, 5) is 6.98. The summed E-state index contributed by atoms with van der Waals surface area (Å²) < 4.78 is 6.28. The predicted octanol–water partition coefficient (Wildman–Crippen LogP) is 10.6. The summed E-state index contributed by atoms with van der Waals surface area (Å²) in [5.41, 5.74) is 0.410. The van der Waals surface area contributed by atoms with Gasteiger partial charge in [-0.1, -0.05) is 143 Å². The van der Waals surface area contributed by atoms with E-state index < -0.39 is 0 Å². The second kappa shape index (κ2) is 23.2. The van der Waals surface area contributed by atoms with Gasteiger partial charge in [0.2, 0.25) is 0 Å². The van der Waals surface area contributed by atoms with Crippen molar-refractivity contribution in [2.24, 2.45) is 17.3 Å². The van der Waals surface area contributed by atoms with Gasteiger partial charge in [0.05, 0.1) is 13.2 Å². The molecular weight excluding hydrogens is 529 g/mol. The minimum Gasteiger partial charge on any atom is -0.367 e. The van der Waals surface area contributed by atoms with Gasteiger partial charge in [0.1, 0.15) is 9.98 Å². The topological polar surface area (TPSA) is 15.7 Å². The zero-order valence-electron chi connectivity index (χ0n) is 27.7. The maximum Gasteiger partial charge on any atom is 0.104 e. The van der Waals surface area contributed by atoms with Crippen LogP contribution in [0.2, 0.25) is 0 Å². The van der Waals surface area contributed by atoms with E-state index in [1.54, 1.807) is 0 Å². The molecule has 1 aliphatic rings. The van der Waals surface area contributed by atoms with Crippen LogP contribution in [0.3, 0.4) is 0 Å². The van der Waals surface area contributed by atoms with Crippen LogP contribution in [0.5, 0.6) is 0 Å². The molecule has 0 spiro atoms. The Morgan fingerprint density at radius 2 is 1.52 bits per heavy atom. The lowest BCUT2D eigenvalue weighted by Crippen LogP contribution is -2.50. The molecule has 0 aromatic carbocycles. The van der Waals surface area contributed by atoms with E-state index in [9.17, 15) is 0 Å². The first kappa shape index (κ1) is 37.8. The number of unbranched alkanes of at least 4 members (excludes halogenated alkanes) is 8. The Morgan fingerprint density at radius 1 is 0.850 bits per heavy atom. The van der Waals surface area contributed by atoms with Crippen molar-refractivity contribution in [2.75, 3.05) is 39.4 Å². The molecule has 0 amide bonds. The van der Waals surface area contributed by atoms with Crippen molar-refractivity contribution in [3.8, 4) is 0 Å². The Balaban J connectivity index is 2.73. The lowest BCUT2D eigenvalue weighted by molar-refractivity contribution is 0.0671. The number of piperidine rings is 1. The third kappa shape index (κ3) is 15.3. The SMILES string of the molecule is CCCCCCCCN(CC(CC)CCCC)C(=S)COCC(=S)N1CC(CCCC)CC(CC)(CCCC)C1. The third-order valence-electron chi connectivity index (χ3n) is 9.46. The molecule has 40 heavy (non-hydrogen) atoms. The molecule has 0 bridgehead atoms. The molecule has 1 aliphatic heterocycles. The van der Waals surface area contributed by atoms with Crippen molar-refractivity contribution in [1.29, 1.82) is 0 Å². The summed E-state index contributed by atoms with van der Waals surface area (Å²) in [7, 11) is 0. The van der Waals surface area contributed by atoms with Crippen LogP contribution < -0.4 is 0 Å². The van der Waals surface area contributed by atoms with Gasteiger partial charge in [-0.25, -0.2) is 0 Å². The Kier molecular flexibility index (Phi) is 21.9. The molecule has 3 atom stereocenters. The fourth-order valence-electron chi connectivity index (χ4n) is 6.60. The van der Waals surface area contributed by atoms with E-state index in [1.165, 1.54) is 116 Å². The Morgan fingerprint density at radius 3 is 2.17 bits per heavy atom. The van der Waals surface area contributed by atoms with Gasteiger partial charge in [0, 0.05) is 26.2 Å². The molecule has 1 fully saturated rings. The van der Waals surface area contributed by atoms with Gasteiger partial charge in [0.25, 0.3) is 0 Å². The van der Waals surface area contributed by atoms with Gasteiger partial charge < -0.3 is 14.5 Å². The van der Waals surface area contributed by atoms with Crippen molar-refractivity contribution in [2.45, 2.75) is 157 Å². The molecule has 0 aromatic rings. The molecule has 1 saturated heterocycles. The van der Waals surface area contributed by atoms with Crippen LogP contribution in [0.4, 0.5) is 0 Å². The van der Waals surface area contributed by atoms with E-state index in [-0.39, 0.29) is 0 Å². The number of thiocarbonyl (C=S) groups is 2. The first-order valence-corrected chi connectivity index (χ1v) is 18.3. The smallest absolute Gasteiger partial charge is 0.104 e. The van der Waals surface area contributed by atoms with Gasteiger partial charge in [0.15, 0.2) is 0 Å². The van der Waals surface area contributed by atoms with Gasteiger partial charge in [-0.15, -0.1) is 0 Å². The van der Waals surface area contributed by atoms with E-state index >= 15 is 0 Å². The molecule has 0 aromatic heterocycles. The second-order valence-electron chi connectivity index (χ2n) is 13.0. The average molecular weight is 597 g/mol. The molecule has 3 nitrogen and oxygen atoms in total. The predicted molar refractivity (Wildman–Crippen MR) is 186 cm³/mol. The van der Waals surface area contributed by atoms with Crippen LogP contribution in [0.25, 0.3) is 0 Å². The highest BCUT2D eigenvalue weighted by Gasteiger charge is 2.38. The molecule has 5 heteroatoms. The normalized spacial score (nSPS) is 20.1. The van der Waals surface area contributed by atoms with Crippen LogP contribution >= 0.6 is 24.4 Å². The zero-order valence-corrected chi connectivity index (χ0v) is 29.4. The average Bonchev–Trinajstić information content (AvgIpc) is 2.97. The van der Waals surface area contributed by atoms with E-state index in [2.05, 4.69) is 51.3 Å². The fraction of sp³-hybridized carbons (Fsp3) is 0.943.